The zero-order valence-electron chi connectivity index (χ0n) is 20.3. The van der Waals surface area contributed by atoms with Crippen LogP contribution in [0.1, 0.15) is 28.8 Å². The van der Waals surface area contributed by atoms with E-state index < -0.39 is 0 Å². The Hall–Kier alpha value is -4.68. The van der Waals surface area contributed by atoms with Crippen molar-refractivity contribution in [1.82, 2.24) is 19.9 Å². The van der Waals surface area contributed by atoms with Gasteiger partial charge in [0.15, 0.2) is 5.78 Å². The number of rotatable bonds is 8. The van der Waals surface area contributed by atoms with Crippen molar-refractivity contribution in [3.63, 3.8) is 0 Å². The Morgan fingerprint density at radius 3 is 2.76 bits per heavy atom. The summed E-state index contributed by atoms with van der Waals surface area (Å²) in [5.41, 5.74) is 1.07. The molecule has 1 amide bonds. The lowest BCUT2D eigenvalue weighted by atomic mass is 10.0. The number of amides is 1. The van der Waals surface area contributed by atoms with Crippen LogP contribution in [-0.4, -0.2) is 50.7 Å². The summed E-state index contributed by atoms with van der Waals surface area (Å²) in [5, 5.41) is 13.1. The Kier molecular flexibility index (Phi) is 7.07. The van der Waals surface area contributed by atoms with E-state index in [4.69, 9.17) is 21.6 Å². The smallest absolute Gasteiger partial charge is 0.264 e. The van der Waals surface area contributed by atoms with Gasteiger partial charge < -0.3 is 19.9 Å². The van der Waals surface area contributed by atoms with Crippen LogP contribution in [0.25, 0.3) is 11.0 Å². The van der Waals surface area contributed by atoms with Gasteiger partial charge in [-0.1, -0.05) is 36.4 Å². The maximum atomic E-state index is 13.6. The van der Waals surface area contributed by atoms with Gasteiger partial charge in [-0.3, -0.25) is 9.59 Å². The average molecular weight is 527 g/mol. The standard InChI is InChI=1S/C28H23ClN6O3/c1-17(13-30)28(37)35-11-5-6-18(35)14-31-26-24-22(15-32-27(24)34-16-33-26)25(36)21-10-9-20(12-23(21)29)38-19-7-3-2-4-8-19/h2-4,7-10,12,15-16,18H,1,5-6,11,14H2,(H2,31,32,33,34). The van der Waals surface area contributed by atoms with Crippen molar-refractivity contribution < 1.29 is 14.3 Å². The highest BCUT2D eigenvalue weighted by Gasteiger charge is 2.30. The summed E-state index contributed by atoms with van der Waals surface area (Å²) in [4.78, 5) is 39.4. The third kappa shape index (κ3) is 4.94. The fraction of sp³-hybridized carbons (Fsp3) is 0.179. The summed E-state index contributed by atoms with van der Waals surface area (Å²) >= 11 is 6.50. The molecule has 5 rings (SSSR count). The first-order chi connectivity index (χ1) is 18.5. The number of benzene rings is 2. The molecule has 38 heavy (non-hydrogen) atoms. The number of hydrogen-bond acceptors (Lipinski definition) is 7. The number of nitriles is 1. The number of fused-ring (bicyclic) bond motifs is 1. The summed E-state index contributed by atoms with van der Waals surface area (Å²) in [6.45, 7) is 4.49. The van der Waals surface area contributed by atoms with Crippen molar-refractivity contribution in [1.29, 1.82) is 5.26 Å². The number of anilines is 1. The van der Waals surface area contributed by atoms with Crippen LogP contribution < -0.4 is 10.1 Å². The lowest BCUT2D eigenvalue weighted by Crippen LogP contribution is -2.40. The summed E-state index contributed by atoms with van der Waals surface area (Å²) < 4.78 is 5.82. The number of aromatic nitrogens is 3. The van der Waals surface area contributed by atoms with Crippen LogP contribution in [0.5, 0.6) is 11.5 Å². The second-order valence-electron chi connectivity index (χ2n) is 8.80. The molecule has 1 aliphatic rings. The highest BCUT2D eigenvalue weighted by Crippen LogP contribution is 2.31. The first kappa shape index (κ1) is 25.0. The minimum Gasteiger partial charge on any atom is -0.457 e. The van der Waals surface area contributed by atoms with Crippen molar-refractivity contribution in [2.45, 2.75) is 18.9 Å². The third-order valence-electron chi connectivity index (χ3n) is 6.41. The molecule has 2 N–H and O–H groups in total. The number of carbonyl (C=O) groups excluding carboxylic acids is 2. The molecule has 2 aromatic heterocycles. The first-order valence-electron chi connectivity index (χ1n) is 12.0. The van der Waals surface area contributed by atoms with E-state index in [1.165, 1.54) is 6.33 Å². The van der Waals surface area contributed by atoms with E-state index in [-0.39, 0.29) is 28.3 Å². The van der Waals surface area contributed by atoms with Crippen molar-refractivity contribution in [3.8, 4) is 17.6 Å². The summed E-state index contributed by atoms with van der Waals surface area (Å²) in [6, 6.07) is 15.9. The molecule has 190 valence electrons. The van der Waals surface area contributed by atoms with Gasteiger partial charge in [0.25, 0.3) is 5.91 Å². The third-order valence-corrected chi connectivity index (χ3v) is 6.73. The summed E-state index contributed by atoms with van der Waals surface area (Å²) in [7, 11) is 0. The largest absolute Gasteiger partial charge is 0.457 e. The van der Waals surface area contributed by atoms with Gasteiger partial charge in [0.2, 0.25) is 0 Å². The second kappa shape index (κ2) is 10.7. The van der Waals surface area contributed by atoms with Gasteiger partial charge >= 0.3 is 0 Å². The first-order valence-corrected chi connectivity index (χ1v) is 12.4. The number of nitrogens with zero attached hydrogens (tertiary/aromatic N) is 4. The van der Waals surface area contributed by atoms with Crippen molar-refractivity contribution >= 4 is 40.1 Å². The van der Waals surface area contributed by atoms with E-state index in [0.717, 1.165) is 12.8 Å². The fourth-order valence-electron chi connectivity index (χ4n) is 4.54. The van der Waals surface area contributed by atoms with E-state index in [1.54, 1.807) is 29.3 Å². The molecule has 1 unspecified atom stereocenters. The van der Waals surface area contributed by atoms with Gasteiger partial charge in [-0.25, -0.2) is 9.97 Å². The van der Waals surface area contributed by atoms with Gasteiger partial charge in [0.05, 0.1) is 16.0 Å². The summed E-state index contributed by atoms with van der Waals surface area (Å²) in [5.74, 6) is 0.965. The molecule has 1 saturated heterocycles. The van der Waals surface area contributed by atoms with E-state index >= 15 is 0 Å². The number of carbonyl (C=O) groups is 2. The fourth-order valence-corrected chi connectivity index (χ4v) is 4.80. The Balaban J connectivity index is 1.38. The monoisotopic (exact) mass is 526 g/mol. The van der Waals surface area contributed by atoms with Gasteiger partial charge in [-0.05, 0) is 37.1 Å². The van der Waals surface area contributed by atoms with E-state index in [0.29, 0.717) is 52.6 Å². The second-order valence-corrected chi connectivity index (χ2v) is 9.21. The zero-order valence-corrected chi connectivity index (χ0v) is 21.0. The number of para-hydroxylation sites is 1. The number of H-pyrrole nitrogens is 1. The Morgan fingerprint density at radius 2 is 2.00 bits per heavy atom. The molecule has 10 heteroatoms. The average Bonchev–Trinajstić information content (AvgIpc) is 3.59. The highest BCUT2D eigenvalue weighted by atomic mass is 35.5. The van der Waals surface area contributed by atoms with Gasteiger partial charge in [-0.15, -0.1) is 0 Å². The minimum absolute atomic E-state index is 0.0862. The molecule has 0 aliphatic carbocycles. The van der Waals surface area contributed by atoms with Crippen molar-refractivity contribution in [2.75, 3.05) is 18.4 Å². The molecule has 1 aliphatic heterocycles. The van der Waals surface area contributed by atoms with Crippen molar-refractivity contribution in [2.24, 2.45) is 0 Å². The number of hydrogen-bond donors (Lipinski definition) is 2. The van der Waals surface area contributed by atoms with E-state index in [9.17, 15) is 9.59 Å². The number of halogens is 1. The molecule has 0 spiro atoms. The number of ketones is 1. The van der Waals surface area contributed by atoms with Gasteiger partial charge in [0.1, 0.15) is 40.9 Å². The maximum absolute atomic E-state index is 13.6. The van der Waals surface area contributed by atoms with Crippen LogP contribution in [0.4, 0.5) is 5.82 Å². The van der Waals surface area contributed by atoms with Crippen LogP contribution in [0.2, 0.25) is 5.02 Å². The van der Waals surface area contributed by atoms with Crippen LogP contribution >= 0.6 is 11.6 Å². The molecule has 9 nitrogen and oxygen atoms in total. The molecule has 0 bridgehead atoms. The Bertz CT molecular complexity index is 1580. The molecule has 4 aromatic rings. The number of aromatic amines is 1. The van der Waals surface area contributed by atoms with Crippen LogP contribution in [0.15, 0.2) is 73.2 Å². The number of likely N-dealkylation sites (tertiary alicyclic amines) is 1. The number of ether oxygens (including phenoxy) is 1. The number of nitrogens with one attached hydrogen (secondary N) is 2. The molecule has 1 atom stereocenters. The molecule has 2 aromatic carbocycles. The Morgan fingerprint density at radius 1 is 1.18 bits per heavy atom. The summed E-state index contributed by atoms with van der Waals surface area (Å²) in [6.07, 6.45) is 4.58. The van der Waals surface area contributed by atoms with Crippen LogP contribution in [-0.2, 0) is 4.79 Å². The molecular weight excluding hydrogens is 504 g/mol. The molecule has 1 fully saturated rings. The minimum atomic E-state index is -0.364. The topological polar surface area (TPSA) is 124 Å². The van der Waals surface area contributed by atoms with Crippen molar-refractivity contribution in [3.05, 3.63) is 89.4 Å². The van der Waals surface area contributed by atoms with Gasteiger partial charge in [0, 0.05) is 37.0 Å². The zero-order chi connectivity index (χ0) is 26.6. The van der Waals surface area contributed by atoms with Crippen LogP contribution in [0.3, 0.4) is 0 Å². The molecule has 0 radical (unpaired) electrons. The van der Waals surface area contributed by atoms with Gasteiger partial charge in [-0.2, -0.15) is 5.26 Å². The van der Waals surface area contributed by atoms with E-state index in [1.807, 2.05) is 36.4 Å². The molecule has 3 heterocycles. The van der Waals surface area contributed by atoms with Crippen LogP contribution in [0, 0.1) is 11.3 Å². The highest BCUT2D eigenvalue weighted by molar-refractivity contribution is 6.35. The Labute approximate surface area is 223 Å². The lowest BCUT2D eigenvalue weighted by molar-refractivity contribution is -0.127. The van der Waals surface area contributed by atoms with E-state index in [2.05, 4.69) is 26.8 Å². The lowest BCUT2D eigenvalue weighted by Gasteiger charge is -2.24. The quantitative estimate of drug-likeness (QED) is 0.185. The molecular formula is C28H23ClN6O3. The normalized spacial score (nSPS) is 14.7. The molecule has 0 saturated carbocycles. The predicted molar refractivity (Wildman–Crippen MR) is 143 cm³/mol. The SMILES string of the molecule is C=C(C#N)C(=O)N1CCCC1CNc1ncnc2[nH]cc(C(=O)c3ccc(Oc4ccccc4)cc3Cl)c12. The maximum Gasteiger partial charge on any atom is 0.264 e. The predicted octanol–water partition coefficient (Wildman–Crippen LogP) is 5.12.